The first-order chi connectivity index (χ1) is 13.0. The van der Waals surface area contributed by atoms with Crippen LogP contribution in [0.25, 0.3) is 0 Å². The fourth-order valence-electron chi connectivity index (χ4n) is 2.22. The van der Waals surface area contributed by atoms with E-state index in [-0.39, 0.29) is 23.8 Å². The van der Waals surface area contributed by atoms with Gasteiger partial charge in [-0.05, 0) is 36.4 Å². The summed E-state index contributed by atoms with van der Waals surface area (Å²) >= 11 is 0. The van der Waals surface area contributed by atoms with E-state index in [1.165, 1.54) is 33.4 Å². The number of carbonyl (C=O) groups excluding carboxylic acids is 3. The SMILES string of the molecule is CNC(=O)c1ccc(NC(=O)COc2cc(OC)ccc2C(=O)OC)cc1. The molecule has 2 aromatic rings. The average Bonchev–Trinajstić information content (AvgIpc) is 2.71. The molecule has 8 heteroatoms. The molecule has 2 amide bonds. The topological polar surface area (TPSA) is 103 Å². The summed E-state index contributed by atoms with van der Waals surface area (Å²) in [6.07, 6.45) is 0. The zero-order valence-electron chi connectivity index (χ0n) is 15.2. The molecule has 0 spiro atoms. The van der Waals surface area contributed by atoms with Crippen LogP contribution in [0.2, 0.25) is 0 Å². The number of esters is 1. The monoisotopic (exact) mass is 372 g/mol. The highest BCUT2D eigenvalue weighted by Gasteiger charge is 2.15. The fourth-order valence-corrected chi connectivity index (χ4v) is 2.22. The molecule has 2 N–H and O–H groups in total. The number of ether oxygens (including phenoxy) is 3. The van der Waals surface area contributed by atoms with Gasteiger partial charge in [-0.25, -0.2) is 4.79 Å². The Balaban J connectivity index is 2.02. The summed E-state index contributed by atoms with van der Waals surface area (Å²) in [7, 11) is 4.27. The van der Waals surface area contributed by atoms with Crippen molar-refractivity contribution in [3.8, 4) is 11.5 Å². The number of hydrogen-bond acceptors (Lipinski definition) is 6. The molecule has 0 saturated carbocycles. The fraction of sp³-hybridized carbons (Fsp3) is 0.211. The predicted octanol–water partition coefficient (Wildman–Crippen LogP) is 1.86. The first kappa shape index (κ1) is 19.8. The lowest BCUT2D eigenvalue weighted by Crippen LogP contribution is -2.21. The summed E-state index contributed by atoms with van der Waals surface area (Å²) in [5.74, 6) is -0.585. The van der Waals surface area contributed by atoms with Crippen molar-refractivity contribution in [3.63, 3.8) is 0 Å². The number of benzene rings is 2. The normalized spacial score (nSPS) is 9.89. The molecule has 0 saturated heterocycles. The van der Waals surface area contributed by atoms with E-state index in [2.05, 4.69) is 10.6 Å². The summed E-state index contributed by atoms with van der Waals surface area (Å²) in [6.45, 7) is -0.325. The minimum Gasteiger partial charge on any atom is -0.497 e. The highest BCUT2D eigenvalue weighted by atomic mass is 16.5. The van der Waals surface area contributed by atoms with Crippen molar-refractivity contribution in [1.82, 2.24) is 5.32 Å². The van der Waals surface area contributed by atoms with E-state index in [9.17, 15) is 14.4 Å². The molecule has 8 nitrogen and oxygen atoms in total. The minimum atomic E-state index is -0.585. The van der Waals surface area contributed by atoms with Gasteiger partial charge in [-0.3, -0.25) is 9.59 Å². The molecule has 0 aliphatic heterocycles. The van der Waals surface area contributed by atoms with Crippen LogP contribution in [0.3, 0.4) is 0 Å². The van der Waals surface area contributed by atoms with Crippen LogP contribution in [0.5, 0.6) is 11.5 Å². The second-order valence-electron chi connectivity index (χ2n) is 5.35. The van der Waals surface area contributed by atoms with Crippen molar-refractivity contribution < 1.29 is 28.6 Å². The summed E-state index contributed by atoms with van der Waals surface area (Å²) in [4.78, 5) is 35.4. The molecule has 0 aliphatic rings. The van der Waals surface area contributed by atoms with Crippen molar-refractivity contribution in [2.24, 2.45) is 0 Å². The maximum atomic E-state index is 12.1. The van der Waals surface area contributed by atoms with E-state index < -0.39 is 11.9 Å². The zero-order valence-corrected chi connectivity index (χ0v) is 15.2. The molecule has 0 heterocycles. The third kappa shape index (κ3) is 5.21. The van der Waals surface area contributed by atoms with Crippen LogP contribution in [0, 0.1) is 0 Å². The third-order valence-corrected chi connectivity index (χ3v) is 3.61. The van der Waals surface area contributed by atoms with Gasteiger partial charge in [-0.15, -0.1) is 0 Å². The summed E-state index contributed by atoms with van der Waals surface area (Å²) in [5.41, 5.74) is 1.17. The maximum absolute atomic E-state index is 12.1. The van der Waals surface area contributed by atoms with E-state index in [0.717, 1.165) is 0 Å². The van der Waals surface area contributed by atoms with Crippen molar-refractivity contribution in [1.29, 1.82) is 0 Å². The quantitative estimate of drug-likeness (QED) is 0.719. The standard InChI is InChI=1S/C19H20N2O6/c1-20-18(23)12-4-6-13(7-5-12)21-17(22)11-27-16-10-14(25-2)8-9-15(16)19(24)26-3/h4-10H,11H2,1-3H3,(H,20,23)(H,21,22). The Kier molecular flexibility index (Phi) is 6.76. The molecule has 0 bridgehead atoms. The summed E-state index contributed by atoms with van der Waals surface area (Å²) < 4.78 is 15.3. The number of rotatable bonds is 7. The molecule has 0 radical (unpaired) electrons. The molecule has 142 valence electrons. The van der Waals surface area contributed by atoms with Gasteiger partial charge in [0.1, 0.15) is 17.1 Å². The zero-order chi connectivity index (χ0) is 19.8. The van der Waals surface area contributed by atoms with Crippen LogP contribution in [0.15, 0.2) is 42.5 Å². The third-order valence-electron chi connectivity index (χ3n) is 3.61. The van der Waals surface area contributed by atoms with E-state index >= 15 is 0 Å². The predicted molar refractivity (Wildman–Crippen MR) is 98.3 cm³/mol. The molecule has 0 atom stereocenters. The van der Waals surface area contributed by atoms with Gasteiger partial charge in [0.25, 0.3) is 11.8 Å². The number of carbonyl (C=O) groups is 3. The Labute approximate surface area is 156 Å². The number of anilines is 1. The van der Waals surface area contributed by atoms with E-state index in [1.54, 1.807) is 30.3 Å². The number of amides is 2. The Hall–Kier alpha value is -3.55. The molecular formula is C19H20N2O6. The van der Waals surface area contributed by atoms with Crippen LogP contribution in [-0.2, 0) is 9.53 Å². The van der Waals surface area contributed by atoms with E-state index in [4.69, 9.17) is 14.2 Å². The summed E-state index contributed by atoms with van der Waals surface area (Å²) in [6, 6.07) is 11.0. The summed E-state index contributed by atoms with van der Waals surface area (Å²) in [5, 5.41) is 5.16. The van der Waals surface area contributed by atoms with Gasteiger partial charge in [-0.1, -0.05) is 0 Å². The molecule has 0 aliphatic carbocycles. The molecule has 0 unspecified atom stereocenters. The van der Waals surface area contributed by atoms with Gasteiger partial charge in [0.15, 0.2) is 6.61 Å². The van der Waals surface area contributed by atoms with Crippen molar-refractivity contribution in [2.45, 2.75) is 0 Å². The van der Waals surface area contributed by atoms with Gasteiger partial charge in [0.2, 0.25) is 0 Å². The second kappa shape index (κ2) is 9.23. The van der Waals surface area contributed by atoms with Gasteiger partial charge >= 0.3 is 5.97 Å². The smallest absolute Gasteiger partial charge is 0.341 e. The Morgan fingerprint density at radius 2 is 1.70 bits per heavy atom. The molecule has 2 rings (SSSR count). The Bertz CT molecular complexity index is 833. The number of nitrogens with one attached hydrogen (secondary N) is 2. The highest BCUT2D eigenvalue weighted by molar-refractivity contribution is 5.96. The van der Waals surface area contributed by atoms with Gasteiger partial charge < -0.3 is 24.8 Å². The van der Waals surface area contributed by atoms with Crippen LogP contribution < -0.4 is 20.1 Å². The minimum absolute atomic E-state index is 0.173. The van der Waals surface area contributed by atoms with Crippen molar-refractivity contribution >= 4 is 23.5 Å². The van der Waals surface area contributed by atoms with Crippen molar-refractivity contribution in [2.75, 3.05) is 33.2 Å². The first-order valence-corrected chi connectivity index (χ1v) is 7.99. The van der Waals surface area contributed by atoms with Crippen molar-refractivity contribution in [3.05, 3.63) is 53.6 Å². The van der Waals surface area contributed by atoms with Crippen LogP contribution in [0.4, 0.5) is 5.69 Å². The van der Waals surface area contributed by atoms with Gasteiger partial charge in [0, 0.05) is 24.4 Å². The Morgan fingerprint density at radius 1 is 1.00 bits per heavy atom. The molecule has 2 aromatic carbocycles. The second-order valence-corrected chi connectivity index (χ2v) is 5.35. The molecule has 27 heavy (non-hydrogen) atoms. The lowest BCUT2D eigenvalue weighted by atomic mass is 10.2. The Morgan fingerprint density at radius 3 is 2.30 bits per heavy atom. The molecule has 0 fully saturated rings. The number of hydrogen-bond donors (Lipinski definition) is 2. The molecule has 0 aromatic heterocycles. The number of methoxy groups -OCH3 is 2. The average molecular weight is 372 g/mol. The lowest BCUT2D eigenvalue weighted by molar-refractivity contribution is -0.118. The van der Waals surface area contributed by atoms with E-state index in [1.807, 2.05) is 0 Å². The molecular weight excluding hydrogens is 352 g/mol. The highest BCUT2D eigenvalue weighted by Crippen LogP contribution is 2.25. The van der Waals surface area contributed by atoms with E-state index in [0.29, 0.717) is 17.0 Å². The van der Waals surface area contributed by atoms with Crippen LogP contribution in [-0.4, -0.2) is 45.7 Å². The largest absolute Gasteiger partial charge is 0.497 e. The van der Waals surface area contributed by atoms with Gasteiger partial charge in [-0.2, -0.15) is 0 Å². The lowest BCUT2D eigenvalue weighted by Gasteiger charge is -2.12. The first-order valence-electron chi connectivity index (χ1n) is 7.99. The van der Waals surface area contributed by atoms with Crippen LogP contribution >= 0.6 is 0 Å². The van der Waals surface area contributed by atoms with Gasteiger partial charge in [0.05, 0.1) is 14.2 Å². The maximum Gasteiger partial charge on any atom is 0.341 e. The van der Waals surface area contributed by atoms with Crippen LogP contribution in [0.1, 0.15) is 20.7 Å².